The Morgan fingerprint density at radius 3 is 2.90 bits per heavy atom. The van der Waals surface area contributed by atoms with Gasteiger partial charge in [-0.15, -0.1) is 0 Å². The second-order valence-corrected chi connectivity index (χ2v) is 6.99. The molecular formula is C16H27NO4. The summed E-state index contributed by atoms with van der Waals surface area (Å²) in [6, 6.07) is 0.450. The molecule has 3 saturated heterocycles. The van der Waals surface area contributed by atoms with Crippen molar-refractivity contribution < 1.29 is 19.4 Å². The molecular weight excluding hydrogens is 270 g/mol. The zero-order valence-corrected chi connectivity index (χ0v) is 13.0. The van der Waals surface area contributed by atoms with Crippen molar-refractivity contribution in [3.8, 4) is 0 Å². The summed E-state index contributed by atoms with van der Waals surface area (Å²) in [4.78, 5) is 14.1. The number of piperidine rings is 1. The number of hydrogen-bond donors (Lipinski definition) is 1. The number of nitrogens with zero attached hydrogens (tertiary/aromatic N) is 1. The smallest absolute Gasteiger partial charge is 0.310 e. The molecule has 5 nitrogen and oxygen atoms in total. The first kappa shape index (κ1) is 15.3. The molecule has 1 spiro atoms. The Bertz CT molecular complexity index is 394. The van der Waals surface area contributed by atoms with Gasteiger partial charge in [-0.3, -0.25) is 9.69 Å². The van der Waals surface area contributed by atoms with Gasteiger partial charge in [-0.2, -0.15) is 0 Å². The summed E-state index contributed by atoms with van der Waals surface area (Å²) >= 11 is 0. The highest BCUT2D eigenvalue weighted by molar-refractivity contribution is 5.75. The molecule has 120 valence electrons. The van der Waals surface area contributed by atoms with Crippen molar-refractivity contribution in [3.63, 3.8) is 0 Å². The van der Waals surface area contributed by atoms with Crippen LogP contribution in [0.3, 0.4) is 0 Å². The molecule has 0 aliphatic carbocycles. The summed E-state index contributed by atoms with van der Waals surface area (Å²) in [5, 5.41) is 9.64. The molecule has 21 heavy (non-hydrogen) atoms. The molecule has 0 radical (unpaired) electrons. The average molecular weight is 297 g/mol. The minimum Gasteiger partial charge on any atom is -0.481 e. The van der Waals surface area contributed by atoms with Crippen LogP contribution in [0.25, 0.3) is 0 Å². The summed E-state index contributed by atoms with van der Waals surface area (Å²) in [6.45, 7) is 6.00. The summed E-state index contributed by atoms with van der Waals surface area (Å²) in [5.41, 5.74) is -0.644. The third kappa shape index (κ3) is 2.83. The van der Waals surface area contributed by atoms with E-state index in [1.54, 1.807) is 0 Å². The Morgan fingerprint density at radius 2 is 2.24 bits per heavy atom. The fourth-order valence-electron chi connectivity index (χ4n) is 4.27. The molecule has 3 heterocycles. The van der Waals surface area contributed by atoms with Gasteiger partial charge in [0.05, 0.1) is 17.6 Å². The zero-order chi connectivity index (χ0) is 14.9. The Labute approximate surface area is 126 Å². The fraction of sp³-hybridized carbons (Fsp3) is 0.938. The van der Waals surface area contributed by atoms with Gasteiger partial charge in [-0.25, -0.2) is 0 Å². The van der Waals surface area contributed by atoms with Gasteiger partial charge in [0, 0.05) is 32.2 Å². The van der Waals surface area contributed by atoms with E-state index >= 15 is 0 Å². The molecule has 3 aliphatic heterocycles. The van der Waals surface area contributed by atoms with Crippen LogP contribution in [0.15, 0.2) is 0 Å². The lowest BCUT2D eigenvalue weighted by molar-refractivity contribution is -0.156. The topological polar surface area (TPSA) is 59.0 Å². The van der Waals surface area contributed by atoms with Gasteiger partial charge in [0.2, 0.25) is 0 Å². The maximum absolute atomic E-state index is 11.7. The lowest BCUT2D eigenvalue weighted by atomic mass is 9.76. The Morgan fingerprint density at radius 1 is 1.38 bits per heavy atom. The van der Waals surface area contributed by atoms with E-state index in [1.807, 2.05) is 6.92 Å². The lowest BCUT2D eigenvalue weighted by Crippen LogP contribution is -2.55. The van der Waals surface area contributed by atoms with Crippen molar-refractivity contribution in [2.45, 2.75) is 57.1 Å². The molecule has 3 rings (SSSR count). The molecule has 0 aromatic rings. The van der Waals surface area contributed by atoms with Crippen molar-refractivity contribution in [2.24, 2.45) is 5.41 Å². The Balaban J connectivity index is 1.69. The van der Waals surface area contributed by atoms with Gasteiger partial charge in [0.25, 0.3) is 0 Å². The third-order valence-electron chi connectivity index (χ3n) is 5.79. The first-order chi connectivity index (χ1) is 10.1. The van der Waals surface area contributed by atoms with Gasteiger partial charge < -0.3 is 14.6 Å². The molecule has 5 heteroatoms. The molecule has 0 amide bonds. The van der Waals surface area contributed by atoms with Crippen molar-refractivity contribution in [1.29, 1.82) is 0 Å². The van der Waals surface area contributed by atoms with Crippen LogP contribution >= 0.6 is 0 Å². The fourth-order valence-corrected chi connectivity index (χ4v) is 4.27. The normalized spacial score (nSPS) is 41.5. The number of ether oxygens (including phenoxy) is 2. The number of hydrogen-bond acceptors (Lipinski definition) is 4. The van der Waals surface area contributed by atoms with Crippen LogP contribution in [0.5, 0.6) is 0 Å². The SMILES string of the molecule is CCC1(C(=O)O)CCCN(C2CCOC3(CCOC3)C2)C1. The molecule has 0 bridgehead atoms. The quantitative estimate of drug-likeness (QED) is 0.862. The van der Waals surface area contributed by atoms with E-state index < -0.39 is 11.4 Å². The predicted octanol–water partition coefficient (Wildman–Crippen LogP) is 1.90. The van der Waals surface area contributed by atoms with E-state index in [4.69, 9.17) is 9.47 Å². The molecule has 3 fully saturated rings. The van der Waals surface area contributed by atoms with Crippen LogP contribution in [0.4, 0.5) is 0 Å². The van der Waals surface area contributed by atoms with Crippen LogP contribution in [0.1, 0.15) is 45.4 Å². The summed E-state index contributed by atoms with van der Waals surface area (Å²) < 4.78 is 11.5. The highest BCUT2D eigenvalue weighted by Gasteiger charge is 2.46. The minimum atomic E-state index is -0.624. The van der Waals surface area contributed by atoms with Crippen molar-refractivity contribution in [1.82, 2.24) is 4.90 Å². The summed E-state index contributed by atoms with van der Waals surface area (Å²) in [5.74, 6) is -0.624. The molecule has 1 N–H and O–H groups in total. The monoisotopic (exact) mass is 297 g/mol. The highest BCUT2D eigenvalue weighted by atomic mass is 16.6. The second-order valence-electron chi connectivity index (χ2n) is 6.99. The van der Waals surface area contributed by atoms with E-state index in [2.05, 4.69) is 4.90 Å². The van der Waals surface area contributed by atoms with Crippen molar-refractivity contribution in [3.05, 3.63) is 0 Å². The van der Waals surface area contributed by atoms with Gasteiger partial charge >= 0.3 is 5.97 Å². The maximum Gasteiger partial charge on any atom is 0.310 e. The Kier molecular flexibility index (Phi) is 4.26. The van der Waals surface area contributed by atoms with E-state index in [-0.39, 0.29) is 5.60 Å². The Hall–Kier alpha value is -0.650. The van der Waals surface area contributed by atoms with Crippen LogP contribution < -0.4 is 0 Å². The first-order valence-electron chi connectivity index (χ1n) is 8.28. The highest BCUT2D eigenvalue weighted by Crippen LogP contribution is 2.39. The number of carboxylic acids is 1. The molecule has 0 saturated carbocycles. The molecule has 0 aromatic carbocycles. The number of rotatable bonds is 3. The van der Waals surface area contributed by atoms with Gasteiger partial charge in [0.15, 0.2) is 0 Å². The van der Waals surface area contributed by atoms with Crippen molar-refractivity contribution in [2.75, 3.05) is 32.9 Å². The number of aliphatic carboxylic acids is 1. The lowest BCUT2D eigenvalue weighted by Gasteiger charge is -2.47. The second kappa shape index (κ2) is 5.86. The maximum atomic E-state index is 11.7. The van der Waals surface area contributed by atoms with Crippen molar-refractivity contribution >= 4 is 5.97 Å². The summed E-state index contributed by atoms with van der Waals surface area (Å²) in [7, 11) is 0. The van der Waals surface area contributed by atoms with E-state index in [1.165, 1.54) is 0 Å². The average Bonchev–Trinajstić information content (AvgIpc) is 2.95. The third-order valence-corrected chi connectivity index (χ3v) is 5.79. The largest absolute Gasteiger partial charge is 0.481 e. The van der Waals surface area contributed by atoms with Gasteiger partial charge in [-0.05, 0) is 38.6 Å². The zero-order valence-electron chi connectivity index (χ0n) is 13.0. The van der Waals surface area contributed by atoms with Crippen LogP contribution in [0.2, 0.25) is 0 Å². The molecule has 3 aliphatic rings. The van der Waals surface area contributed by atoms with E-state index in [0.717, 1.165) is 58.3 Å². The molecule has 0 aromatic heterocycles. The number of likely N-dealkylation sites (tertiary alicyclic amines) is 1. The van der Waals surface area contributed by atoms with E-state index in [9.17, 15) is 9.90 Å². The number of carboxylic acid groups (broad SMARTS) is 1. The minimum absolute atomic E-state index is 0.0987. The van der Waals surface area contributed by atoms with Crippen LogP contribution in [-0.2, 0) is 14.3 Å². The first-order valence-corrected chi connectivity index (χ1v) is 8.28. The molecule has 3 atom stereocenters. The van der Waals surface area contributed by atoms with E-state index in [0.29, 0.717) is 19.2 Å². The van der Waals surface area contributed by atoms with Gasteiger partial charge in [-0.1, -0.05) is 6.92 Å². The van der Waals surface area contributed by atoms with Crippen LogP contribution in [0, 0.1) is 5.41 Å². The standard InChI is InChI=1S/C16H27NO4/c1-2-15(14(18)19)5-3-7-17(11-15)13-4-8-21-16(10-13)6-9-20-12-16/h13H,2-12H2,1H3,(H,18,19). The van der Waals surface area contributed by atoms with Crippen LogP contribution in [-0.4, -0.2) is 60.5 Å². The predicted molar refractivity (Wildman–Crippen MR) is 78.3 cm³/mol. The molecule has 3 unspecified atom stereocenters. The van der Waals surface area contributed by atoms with Gasteiger partial charge in [0.1, 0.15) is 0 Å². The summed E-state index contributed by atoms with van der Waals surface area (Å²) in [6.07, 6.45) is 5.51. The number of carbonyl (C=O) groups is 1.